The van der Waals surface area contributed by atoms with E-state index in [0.717, 1.165) is 17.1 Å². The van der Waals surface area contributed by atoms with Crippen LogP contribution in [0.2, 0.25) is 0 Å². The summed E-state index contributed by atoms with van der Waals surface area (Å²) in [6, 6.07) is 35.1. The smallest absolute Gasteiger partial charge is 0.409 e. The second-order valence-corrected chi connectivity index (χ2v) is 13.0. The van der Waals surface area contributed by atoms with Crippen LogP contribution in [0, 0.1) is 0 Å². The number of piperidine rings is 1. The van der Waals surface area contributed by atoms with Gasteiger partial charge in [-0.05, 0) is 48.2 Å². The number of nitrogens with zero attached hydrogens (tertiary/aromatic N) is 4. The summed E-state index contributed by atoms with van der Waals surface area (Å²) >= 11 is 0. The summed E-state index contributed by atoms with van der Waals surface area (Å²) in [7, 11) is -4.10. The van der Waals surface area contributed by atoms with E-state index in [4.69, 9.17) is 4.74 Å². The van der Waals surface area contributed by atoms with Crippen LogP contribution in [0.25, 0.3) is 11.0 Å². The number of rotatable bonds is 10. The molecule has 0 spiro atoms. The SMILES string of the molecule is O=C(OCCN(Cc1ccccc1)Cc1ccccc1)N1CCC(n2c(=O)n(S(=O)(=O)c3ccccc3)c3ccccc32)CC1. The molecule has 4 aromatic carbocycles. The maximum absolute atomic E-state index is 13.7. The van der Waals surface area contributed by atoms with Crippen LogP contribution in [0.5, 0.6) is 0 Å². The average molecular weight is 625 g/mol. The first kappa shape index (κ1) is 30.4. The first-order chi connectivity index (χ1) is 21.9. The fraction of sp³-hybridized carbons (Fsp3) is 0.257. The zero-order chi connectivity index (χ0) is 31.2. The molecule has 1 amide bonds. The molecular formula is C35H36N4O5S. The third kappa shape index (κ3) is 6.72. The van der Waals surface area contributed by atoms with E-state index in [1.807, 2.05) is 36.4 Å². The Bertz CT molecular complexity index is 1860. The van der Waals surface area contributed by atoms with Crippen LogP contribution >= 0.6 is 0 Å². The zero-order valence-corrected chi connectivity index (χ0v) is 25.8. The average Bonchev–Trinajstić information content (AvgIpc) is 3.38. The van der Waals surface area contributed by atoms with Crippen LogP contribution in [0.15, 0.2) is 125 Å². The minimum Gasteiger partial charge on any atom is -0.448 e. The molecule has 1 fully saturated rings. The highest BCUT2D eigenvalue weighted by Gasteiger charge is 2.31. The van der Waals surface area contributed by atoms with Crippen molar-refractivity contribution in [1.82, 2.24) is 18.3 Å². The molecule has 10 heteroatoms. The Labute approximate surface area is 262 Å². The number of para-hydroxylation sites is 2. The molecule has 232 valence electrons. The number of carbonyl (C=O) groups is 1. The van der Waals surface area contributed by atoms with Crippen LogP contribution < -0.4 is 5.69 Å². The maximum atomic E-state index is 13.7. The van der Waals surface area contributed by atoms with Gasteiger partial charge < -0.3 is 9.64 Å². The highest BCUT2D eigenvalue weighted by molar-refractivity contribution is 7.90. The summed E-state index contributed by atoms with van der Waals surface area (Å²) in [4.78, 5) is 30.8. The molecular weight excluding hydrogens is 588 g/mol. The first-order valence-electron chi connectivity index (χ1n) is 15.2. The molecule has 1 aliphatic rings. The van der Waals surface area contributed by atoms with E-state index in [1.165, 1.54) is 23.3 Å². The summed E-state index contributed by atoms with van der Waals surface area (Å²) in [5, 5.41) is 0. The molecule has 1 saturated heterocycles. The van der Waals surface area contributed by atoms with Crippen molar-refractivity contribution >= 4 is 27.1 Å². The normalized spacial score (nSPS) is 14.2. The van der Waals surface area contributed by atoms with Gasteiger partial charge in [-0.3, -0.25) is 9.47 Å². The Hall–Kier alpha value is -4.67. The molecule has 0 atom stereocenters. The lowest BCUT2D eigenvalue weighted by atomic mass is 10.0. The number of hydrogen-bond donors (Lipinski definition) is 0. The van der Waals surface area contributed by atoms with E-state index in [-0.39, 0.29) is 23.6 Å². The van der Waals surface area contributed by atoms with Crippen molar-refractivity contribution in [2.45, 2.75) is 36.9 Å². The number of likely N-dealkylation sites (tertiary alicyclic amines) is 1. The third-order valence-electron chi connectivity index (χ3n) is 8.24. The summed E-state index contributed by atoms with van der Waals surface area (Å²) in [6.07, 6.45) is 0.625. The highest BCUT2D eigenvalue weighted by atomic mass is 32.2. The number of carbonyl (C=O) groups excluding carboxylic acids is 1. The first-order valence-corrected chi connectivity index (χ1v) is 16.6. The summed E-state index contributed by atoms with van der Waals surface area (Å²) in [5.41, 5.74) is 2.67. The number of fused-ring (bicyclic) bond motifs is 1. The number of imidazole rings is 1. The topological polar surface area (TPSA) is 93.8 Å². The second kappa shape index (κ2) is 13.5. The summed E-state index contributed by atoms with van der Waals surface area (Å²) in [5.74, 6) is 0. The van der Waals surface area contributed by atoms with E-state index in [2.05, 4.69) is 29.2 Å². The number of amides is 1. The van der Waals surface area contributed by atoms with Gasteiger partial charge in [-0.15, -0.1) is 0 Å². The Morgan fingerprint density at radius 3 is 1.82 bits per heavy atom. The van der Waals surface area contributed by atoms with Crippen LogP contribution in [0.1, 0.15) is 30.0 Å². The van der Waals surface area contributed by atoms with Gasteiger partial charge >= 0.3 is 11.8 Å². The van der Waals surface area contributed by atoms with E-state index in [9.17, 15) is 18.0 Å². The third-order valence-corrected chi connectivity index (χ3v) is 9.94. The van der Waals surface area contributed by atoms with Crippen molar-refractivity contribution in [1.29, 1.82) is 0 Å². The van der Waals surface area contributed by atoms with Crippen molar-refractivity contribution < 1.29 is 17.9 Å². The van der Waals surface area contributed by atoms with Crippen LogP contribution in [-0.4, -0.2) is 59.1 Å². The largest absolute Gasteiger partial charge is 0.448 e. The summed E-state index contributed by atoms with van der Waals surface area (Å²) in [6.45, 7) is 3.11. The lowest BCUT2D eigenvalue weighted by molar-refractivity contribution is 0.0769. The molecule has 6 rings (SSSR count). The Balaban J connectivity index is 1.10. The molecule has 0 N–H and O–H groups in total. The van der Waals surface area contributed by atoms with Gasteiger partial charge in [-0.1, -0.05) is 91.0 Å². The molecule has 9 nitrogen and oxygen atoms in total. The Morgan fingerprint density at radius 2 is 1.24 bits per heavy atom. The van der Waals surface area contributed by atoms with Crippen molar-refractivity contribution in [3.05, 3.63) is 137 Å². The lowest BCUT2D eigenvalue weighted by Gasteiger charge is -2.32. The molecule has 0 radical (unpaired) electrons. The van der Waals surface area contributed by atoms with Gasteiger partial charge in [0.1, 0.15) is 6.61 Å². The van der Waals surface area contributed by atoms with Crippen molar-refractivity contribution in [2.24, 2.45) is 0 Å². The Kier molecular flexibility index (Phi) is 9.13. The minimum atomic E-state index is -4.10. The molecule has 0 unspecified atom stereocenters. The van der Waals surface area contributed by atoms with Crippen LogP contribution in [0.4, 0.5) is 4.79 Å². The molecule has 2 heterocycles. The number of aromatic nitrogens is 2. The molecule has 5 aromatic rings. The fourth-order valence-electron chi connectivity index (χ4n) is 5.98. The maximum Gasteiger partial charge on any atom is 0.409 e. The molecule has 0 aliphatic carbocycles. The number of ether oxygens (including phenoxy) is 1. The Morgan fingerprint density at radius 1 is 0.733 bits per heavy atom. The zero-order valence-electron chi connectivity index (χ0n) is 24.9. The molecule has 45 heavy (non-hydrogen) atoms. The van der Waals surface area contributed by atoms with Gasteiger partial charge in [0, 0.05) is 38.8 Å². The van der Waals surface area contributed by atoms with E-state index in [1.54, 1.807) is 51.9 Å². The van der Waals surface area contributed by atoms with E-state index in [0.29, 0.717) is 43.5 Å². The monoisotopic (exact) mass is 624 g/mol. The van der Waals surface area contributed by atoms with Crippen LogP contribution in [0.3, 0.4) is 0 Å². The molecule has 1 aliphatic heterocycles. The van der Waals surface area contributed by atoms with Gasteiger partial charge in [-0.25, -0.2) is 18.0 Å². The van der Waals surface area contributed by atoms with Crippen molar-refractivity contribution in [2.75, 3.05) is 26.2 Å². The fourth-order valence-corrected chi connectivity index (χ4v) is 7.40. The van der Waals surface area contributed by atoms with E-state index >= 15 is 0 Å². The predicted molar refractivity (Wildman–Crippen MR) is 173 cm³/mol. The quantitative estimate of drug-likeness (QED) is 0.203. The number of benzene rings is 4. The van der Waals surface area contributed by atoms with Gasteiger partial charge in [-0.2, -0.15) is 3.97 Å². The van der Waals surface area contributed by atoms with Gasteiger partial charge in [0.05, 0.1) is 15.9 Å². The van der Waals surface area contributed by atoms with Gasteiger partial charge in [0.15, 0.2) is 0 Å². The molecule has 0 bridgehead atoms. The second-order valence-electron chi connectivity index (χ2n) is 11.2. The lowest BCUT2D eigenvalue weighted by Crippen LogP contribution is -2.42. The highest BCUT2D eigenvalue weighted by Crippen LogP contribution is 2.28. The van der Waals surface area contributed by atoms with Crippen LogP contribution in [-0.2, 0) is 27.8 Å². The van der Waals surface area contributed by atoms with E-state index < -0.39 is 15.7 Å². The van der Waals surface area contributed by atoms with Crippen molar-refractivity contribution in [3.63, 3.8) is 0 Å². The van der Waals surface area contributed by atoms with Gasteiger partial charge in [0.25, 0.3) is 10.0 Å². The van der Waals surface area contributed by atoms with Gasteiger partial charge in [0.2, 0.25) is 0 Å². The predicted octanol–water partition coefficient (Wildman–Crippen LogP) is 5.52. The minimum absolute atomic E-state index is 0.0543. The molecule has 0 saturated carbocycles. The molecule has 1 aromatic heterocycles. The standard InChI is InChI=1S/C35H36N4O5S/c40-34-38(32-18-10-11-19-33(32)39(34)45(42,43)31-16-8-3-9-17-31)30-20-22-37(23-21-30)35(41)44-25-24-36(26-28-12-4-1-5-13-28)27-29-14-6-2-7-15-29/h1-19,30H,20-27H2. The summed E-state index contributed by atoms with van der Waals surface area (Å²) < 4.78 is 35.3. The number of hydrogen-bond acceptors (Lipinski definition) is 6. The van der Waals surface area contributed by atoms with Crippen molar-refractivity contribution in [3.8, 4) is 0 Å².